The Morgan fingerprint density at radius 1 is 1.25 bits per heavy atom. The van der Waals surface area contributed by atoms with E-state index in [0.717, 1.165) is 30.5 Å². The monoisotopic (exact) mass is 322 g/mol. The molecule has 3 aromatic rings. The van der Waals surface area contributed by atoms with Gasteiger partial charge in [0.05, 0.1) is 6.04 Å². The molecule has 1 aromatic carbocycles. The summed E-state index contributed by atoms with van der Waals surface area (Å²) >= 11 is 0. The van der Waals surface area contributed by atoms with E-state index in [-0.39, 0.29) is 11.9 Å². The number of nitrogens with zero attached hydrogens (tertiary/aromatic N) is 3. The summed E-state index contributed by atoms with van der Waals surface area (Å²) in [5.41, 5.74) is 2.27. The maximum Gasteiger partial charge on any atom is 0.298 e. The van der Waals surface area contributed by atoms with Crippen LogP contribution in [0.1, 0.15) is 23.2 Å². The third-order valence-corrected chi connectivity index (χ3v) is 4.35. The molecule has 24 heavy (non-hydrogen) atoms. The second kappa shape index (κ2) is 6.31. The first kappa shape index (κ1) is 14.7. The van der Waals surface area contributed by atoms with Gasteiger partial charge in [-0.1, -0.05) is 12.1 Å². The van der Waals surface area contributed by atoms with Crippen molar-refractivity contribution in [3.8, 4) is 0 Å². The molecule has 0 saturated carbocycles. The molecule has 122 valence electrons. The molecular weight excluding hydrogens is 304 g/mol. The van der Waals surface area contributed by atoms with E-state index in [1.54, 1.807) is 24.5 Å². The molecule has 1 unspecified atom stereocenters. The summed E-state index contributed by atoms with van der Waals surface area (Å²) in [6.07, 6.45) is 5.31. The van der Waals surface area contributed by atoms with E-state index < -0.39 is 0 Å². The third kappa shape index (κ3) is 2.82. The highest BCUT2D eigenvalue weighted by Gasteiger charge is 2.28. The van der Waals surface area contributed by atoms with Crippen molar-refractivity contribution in [2.24, 2.45) is 0 Å². The Kier molecular flexibility index (Phi) is 3.86. The molecule has 0 spiro atoms. The van der Waals surface area contributed by atoms with E-state index in [2.05, 4.69) is 20.2 Å². The number of amides is 1. The van der Waals surface area contributed by atoms with Gasteiger partial charge >= 0.3 is 0 Å². The van der Waals surface area contributed by atoms with Crippen LogP contribution < -0.4 is 10.2 Å². The average Bonchev–Trinajstić information content (AvgIpc) is 3.26. The number of nitrogens with one attached hydrogen (secondary N) is 1. The number of anilines is 1. The summed E-state index contributed by atoms with van der Waals surface area (Å²) in [6.45, 7) is 1.46. The van der Waals surface area contributed by atoms with Gasteiger partial charge < -0.3 is 14.6 Å². The highest BCUT2D eigenvalue weighted by molar-refractivity contribution is 5.94. The van der Waals surface area contributed by atoms with Crippen LogP contribution in [0, 0.1) is 0 Å². The molecule has 1 N–H and O–H groups in total. The van der Waals surface area contributed by atoms with E-state index in [0.29, 0.717) is 18.1 Å². The van der Waals surface area contributed by atoms with Crippen LogP contribution in [0.3, 0.4) is 0 Å². The number of aromatic nitrogens is 2. The van der Waals surface area contributed by atoms with Crippen molar-refractivity contribution in [3.63, 3.8) is 0 Å². The molecule has 1 aliphatic rings. The topological polar surface area (TPSA) is 71.3 Å². The number of pyridine rings is 1. The number of oxazole rings is 1. The van der Waals surface area contributed by atoms with Crippen molar-refractivity contribution in [2.75, 3.05) is 18.0 Å². The van der Waals surface area contributed by atoms with Gasteiger partial charge in [-0.2, -0.15) is 4.98 Å². The van der Waals surface area contributed by atoms with Crippen molar-refractivity contribution in [3.05, 3.63) is 54.4 Å². The SMILES string of the molecule is O=C(NCC1CCCN1c1nc2ccccc2o1)c1ccncc1. The highest BCUT2D eigenvalue weighted by atomic mass is 16.4. The van der Waals surface area contributed by atoms with Crippen LogP contribution in [0.2, 0.25) is 0 Å². The normalized spacial score (nSPS) is 17.3. The predicted molar refractivity (Wildman–Crippen MR) is 90.9 cm³/mol. The summed E-state index contributed by atoms with van der Waals surface area (Å²) in [5, 5.41) is 3.00. The van der Waals surface area contributed by atoms with E-state index in [1.165, 1.54) is 0 Å². The van der Waals surface area contributed by atoms with Crippen molar-refractivity contribution < 1.29 is 9.21 Å². The first-order chi connectivity index (χ1) is 11.8. The first-order valence-corrected chi connectivity index (χ1v) is 8.12. The van der Waals surface area contributed by atoms with Crippen molar-refractivity contribution >= 4 is 23.0 Å². The van der Waals surface area contributed by atoms with Crippen molar-refractivity contribution in [2.45, 2.75) is 18.9 Å². The zero-order valence-corrected chi connectivity index (χ0v) is 13.2. The molecule has 0 radical (unpaired) electrons. The van der Waals surface area contributed by atoms with Crippen LogP contribution >= 0.6 is 0 Å². The van der Waals surface area contributed by atoms with Crippen LogP contribution in [0.5, 0.6) is 0 Å². The molecular formula is C18H18N4O2. The van der Waals surface area contributed by atoms with Gasteiger partial charge in [0.15, 0.2) is 5.58 Å². The second-order valence-electron chi connectivity index (χ2n) is 5.90. The Bertz CT molecular complexity index is 813. The molecule has 1 aliphatic heterocycles. The van der Waals surface area contributed by atoms with Crippen molar-refractivity contribution in [1.82, 2.24) is 15.3 Å². The molecule has 1 saturated heterocycles. The molecule has 1 amide bonds. The lowest BCUT2D eigenvalue weighted by Gasteiger charge is -2.23. The molecule has 0 aliphatic carbocycles. The van der Waals surface area contributed by atoms with Crippen molar-refractivity contribution in [1.29, 1.82) is 0 Å². The lowest BCUT2D eigenvalue weighted by atomic mass is 10.2. The molecule has 1 fully saturated rings. The van der Waals surface area contributed by atoms with Gasteiger partial charge in [-0.15, -0.1) is 0 Å². The van der Waals surface area contributed by atoms with Crippen LogP contribution in [0.15, 0.2) is 53.2 Å². The minimum absolute atomic E-state index is 0.0817. The zero-order valence-electron chi connectivity index (χ0n) is 13.2. The Hall–Kier alpha value is -2.89. The third-order valence-electron chi connectivity index (χ3n) is 4.35. The van der Waals surface area contributed by atoms with Gasteiger partial charge in [-0.3, -0.25) is 9.78 Å². The number of hydrogen-bond donors (Lipinski definition) is 1. The smallest absolute Gasteiger partial charge is 0.298 e. The van der Waals surface area contributed by atoms with Gasteiger partial charge in [-0.05, 0) is 37.1 Å². The Labute approximate surface area is 139 Å². The van der Waals surface area contributed by atoms with E-state index in [4.69, 9.17) is 4.42 Å². The van der Waals surface area contributed by atoms with E-state index >= 15 is 0 Å². The predicted octanol–water partition coefficient (Wildman–Crippen LogP) is 2.62. The molecule has 1 atom stereocenters. The summed E-state index contributed by atoms with van der Waals surface area (Å²) < 4.78 is 5.87. The molecule has 4 rings (SSSR count). The Morgan fingerprint density at radius 2 is 2.08 bits per heavy atom. The average molecular weight is 322 g/mol. The van der Waals surface area contributed by atoms with E-state index in [9.17, 15) is 4.79 Å². The first-order valence-electron chi connectivity index (χ1n) is 8.12. The van der Waals surface area contributed by atoms with E-state index in [1.807, 2.05) is 24.3 Å². The lowest BCUT2D eigenvalue weighted by Crippen LogP contribution is -2.40. The summed E-state index contributed by atoms with van der Waals surface area (Å²) in [7, 11) is 0. The van der Waals surface area contributed by atoms with Gasteiger partial charge in [0.25, 0.3) is 11.9 Å². The van der Waals surface area contributed by atoms with Crippen LogP contribution in [-0.2, 0) is 0 Å². The van der Waals surface area contributed by atoms with Crippen LogP contribution in [0.25, 0.3) is 11.1 Å². The molecule has 2 aromatic heterocycles. The number of carbonyl (C=O) groups excluding carboxylic acids is 1. The highest BCUT2D eigenvalue weighted by Crippen LogP contribution is 2.27. The summed E-state index contributed by atoms with van der Waals surface area (Å²) in [4.78, 5) is 22.8. The Morgan fingerprint density at radius 3 is 2.92 bits per heavy atom. The minimum Gasteiger partial charge on any atom is -0.423 e. The fraction of sp³-hybridized carbons (Fsp3) is 0.278. The quantitative estimate of drug-likeness (QED) is 0.799. The number of rotatable bonds is 4. The fourth-order valence-corrected chi connectivity index (χ4v) is 3.10. The standard InChI is InChI=1S/C18H18N4O2/c23-17(13-7-9-19-10-8-13)20-12-14-4-3-11-22(14)18-21-15-5-1-2-6-16(15)24-18/h1-2,5-10,14H,3-4,11-12H2,(H,20,23). The molecule has 3 heterocycles. The van der Waals surface area contributed by atoms with Gasteiger partial charge in [-0.25, -0.2) is 0 Å². The van der Waals surface area contributed by atoms with Gasteiger partial charge in [0.2, 0.25) is 0 Å². The maximum atomic E-state index is 12.2. The largest absolute Gasteiger partial charge is 0.423 e. The fourth-order valence-electron chi connectivity index (χ4n) is 3.10. The van der Waals surface area contributed by atoms with Crippen LogP contribution in [-0.4, -0.2) is 35.0 Å². The number of fused-ring (bicyclic) bond motifs is 1. The lowest BCUT2D eigenvalue weighted by molar-refractivity contribution is 0.0951. The minimum atomic E-state index is -0.0817. The number of para-hydroxylation sites is 2. The summed E-state index contributed by atoms with van der Waals surface area (Å²) in [5.74, 6) is -0.0817. The number of benzene rings is 1. The zero-order chi connectivity index (χ0) is 16.4. The number of carbonyl (C=O) groups is 1. The molecule has 0 bridgehead atoms. The van der Waals surface area contributed by atoms with Crippen LogP contribution in [0.4, 0.5) is 6.01 Å². The van der Waals surface area contributed by atoms with Gasteiger partial charge in [0.1, 0.15) is 5.52 Å². The second-order valence-corrected chi connectivity index (χ2v) is 5.90. The molecule has 6 heteroatoms. The molecule has 6 nitrogen and oxygen atoms in total. The summed E-state index contributed by atoms with van der Waals surface area (Å²) in [6, 6.07) is 12.0. The number of hydrogen-bond acceptors (Lipinski definition) is 5. The van der Waals surface area contributed by atoms with Gasteiger partial charge in [0, 0.05) is 31.0 Å². The maximum absolute atomic E-state index is 12.2. The Balaban J connectivity index is 1.46.